The molecule has 0 heterocycles. The molecule has 0 aromatic heterocycles. The summed E-state index contributed by atoms with van der Waals surface area (Å²) >= 11 is 0. The predicted molar refractivity (Wildman–Crippen MR) is 138 cm³/mol. The van der Waals surface area contributed by atoms with Crippen molar-refractivity contribution in [3.05, 3.63) is 131 Å². The van der Waals surface area contributed by atoms with Gasteiger partial charge in [0, 0.05) is 11.6 Å². The van der Waals surface area contributed by atoms with Gasteiger partial charge in [0.05, 0.1) is 6.04 Å². The summed E-state index contributed by atoms with van der Waals surface area (Å²) in [7, 11) is 2.17. The van der Waals surface area contributed by atoms with E-state index in [-0.39, 0.29) is 12.1 Å². The van der Waals surface area contributed by atoms with Crippen molar-refractivity contribution in [3.63, 3.8) is 0 Å². The number of benzene rings is 5. The van der Waals surface area contributed by atoms with Gasteiger partial charge >= 0.3 is 0 Å². The molecule has 0 bridgehead atoms. The summed E-state index contributed by atoms with van der Waals surface area (Å²) in [6.45, 7) is 2.24. The van der Waals surface area contributed by atoms with Crippen molar-refractivity contribution in [3.8, 4) is 0 Å². The molecule has 0 N–H and O–H groups in total. The van der Waals surface area contributed by atoms with Crippen LogP contribution in [0.1, 0.15) is 46.1 Å². The van der Waals surface area contributed by atoms with Crippen molar-refractivity contribution in [2.24, 2.45) is 0 Å². The molecule has 0 amide bonds. The summed E-state index contributed by atoms with van der Waals surface area (Å²) in [5.41, 5.74) is 4.25. The molecule has 162 valence electrons. The molecule has 0 saturated heterocycles. The SMILES string of the molecule is C[C@H](c1ccccc1)N(C)[C@H](c1cccc2ccccc12)c1c(C=O)ccc2ccccc12. The van der Waals surface area contributed by atoms with Gasteiger partial charge in [-0.25, -0.2) is 0 Å². The average Bonchev–Trinajstić information content (AvgIpc) is 2.89. The topological polar surface area (TPSA) is 20.3 Å². The van der Waals surface area contributed by atoms with E-state index in [0.29, 0.717) is 0 Å². The zero-order valence-corrected chi connectivity index (χ0v) is 19.0. The Morgan fingerprint density at radius 1 is 0.667 bits per heavy atom. The summed E-state index contributed by atoms with van der Waals surface area (Å²) in [4.78, 5) is 14.7. The van der Waals surface area contributed by atoms with Gasteiger partial charge in [-0.2, -0.15) is 0 Å². The van der Waals surface area contributed by atoms with Crippen LogP contribution in [0.4, 0.5) is 0 Å². The fourth-order valence-electron chi connectivity index (χ4n) is 4.98. The van der Waals surface area contributed by atoms with E-state index in [9.17, 15) is 4.79 Å². The van der Waals surface area contributed by atoms with Crippen LogP contribution in [-0.2, 0) is 0 Å². The summed E-state index contributed by atoms with van der Waals surface area (Å²) in [6, 6.07) is 38.0. The van der Waals surface area contributed by atoms with Crippen LogP contribution in [0.2, 0.25) is 0 Å². The van der Waals surface area contributed by atoms with Crippen molar-refractivity contribution in [2.75, 3.05) is 7.05 Å². The third-order valence-corrected chi connectivity index (χ3v) is 6.82. The van der Waals surface area contributed by atoms with E-state index in [1.165, 1.54) is 21.9 Å². The summed E-state index contributed by atoms with van der Waals surface area (Å²) in [5.74, 6) is 0. The molecular formula is C31H27NO. The van der Waals surface area contributed by atoms with E-state index in [2.05, 4.69) is 110 Å². The molecule has 33 heavy (non-hydrogen) atoms. The minimum atomic E-state index is -0.0994. The van der Waals surface area contributed by atoms with Crippen molar-refractivity contribution in [1.82, 2.24) is 4.90 Å². The van der Waals surface area contributed by atoms with E-state index < -0.39 is 0 Å². The quantitative estimate of drug-likeness (QED) is 0.259. The van der Waals surface area contributed by atoms with Crippen molar-refractivity contribution in [2.45, 2.75) is 19.0 Å². The van der Waals surface area contributed by atoms with E-state index >= 15 is 0 Å². The number of fused-ring (bicyclic) bond motifs is 2. The molecule has 0 radical (unpaired) electrons. The van der Waals surface area contributed by atoms with E-state index in [1.807, 2.05) is 18.2 Å². The molecule has 5 rings (SSSR count). The van der Waals surface area contributed by atoms with Crippen molar-refractivity contribution in [1.29, 1.82) is 0 Å². The third kappa shape index (κ3) is 3.83. The molecule has 0 aliphatic carbocycles. The molecular weight excluding hydrogens is 402 g/mol. The fraction of sp³-hybridized carbons (Fsp3) is 0.129. The summed E-state index contributed by atoms with van der Waals surface area (Å²) in [6.07, 6.45) is 1.00. The number of nitrogens with zero attached hydrogens (tertiary/aromatic N) is 1. The lowest BCUT2D eigenvalue weighted by atomic mass is 9.86. The monoisotopic (exact) mass is 429 g/mol. The first kappa shape index (κ1) is 21.1. The first-order chi connectivity index (χ1) is 16.2. The van der Waals surface area contributed by atoms with Crippen molar-refractivity contribution >= 4 is 27.8 Å². The minimum absolute atomic E-state index is 0.0994. The molecule has 2 nitrogen and oxygen atoms in total. The second-order valence-corrected chi connectivity index (χ2v) is 8.63. The molecule has 0 fully saturated rings. The molecule has 0 aliphatic heterocycles. The molecule has 0 unspecified atom stereocenters. The maximum absolute atomic E-state index is 12.3. The highest BCUT2D eigenvalue weighted by Crippen LogP contribution is 2.41. The smallest absolute Gasteiger partial charge is 0.150 e. The largest absolute Gasteiger partial charge is 0.298 e. The number of carbonyl (C=O) groups is 1. The molecule has 2 atom stereocenters. The van der Waals surface area contributed by atoms with Crippen LogP contribution in [0, 0.1) is 0 Å². The molecule has 0 saturated carbocycles. The number of hydrogen-bond acceptors (Lipinski definition) is 2. The first-order valence-corrected chi connectivity index (χ1v) is 11.4. The van der Waals surface area contributed by atoms with Gasteiger partial charge in [-0.15, -0.1) is 0 Å². The van der Waals surface area contributed by atoms with Crippen molar-refractivity contribution < 1.29 is 4.79 Å². The Morgan fingerprint density at radius 3 is 2.00 bits per heavy atom. The minimum Gasteiger partial charge on any atom is -0.298 e. The average molecular weight is 430 g/mol. The van der Waals surface area contributed by atoms with Crippen LogP contribution in [0.15, 0.2) is 109 Å². The van der Waals surface area contributed by atoms with Gasteiger partial charge in [-0.3, -0.25) is 9.69 Å². The maximum atomic E-state index is 12.3. The van der Waals surface area contributed by atoms with Gasteiger partial charge in [0.25, 0.3) is 0 Å². The number of carbonyl (C=O) groups excluding carboxylic acids is 1. The van der Waals surface area contributed by atoms with E-state index in [0.717, 1.165) is 28.2 Å². The van der Waals surface area contributed by atoms with Gasteiger partial charge in [-0.1, -0.05) is 109 Å². The maximum Gasteiger partial charge on any atom is 0.150 e. The van der Waals surface area contributed by atoms with Gasteiger partial charge in [0.1, 0.15) is 6.29 Å². The van der Waals surface area contributed by atoms with Gasteiger partial charge < -0.3 is 0 Å². The van der Waals surface area contributed by atoms with E-state index in [1.54, 1.807) is 0 Å². The van der Waals surface area contributed by atoms with Crippen LogP contribution in [0.5, 0.6) is 0 Å². The highest BCUT2D eigenvalue weighted by Gasteiger charge is 2.29. The van der Waals surface area contributed by atoms with Gasteiger partial charge in [-0.05, 0) is 52.2 Å². The Morgan fingerprint density at radius 2 is 1.27 bits per heavy atom. The molecule has 2 heteroatoms. The zero-order chi connectivity index (χ0) is 22.8. The lowest BCUT2D eigenvalue weighted by Gasteiger charge is -2.36. The Labute approximate surface area is 195 Å². The second kappa shape index (κ2) is 9.01. The molecule has 5 aromatic rings. The van der Waals surface area contributed by atoms with Crippen LogP contribution in [0.3, 0.4) is 0 Å². The molecule has 5 aromatic carbocycles. The van der Waals surface area contributed by atoms with Crippen LogP contribution >= 0.6 is 0 Å². The van der Waals surface area contributed by atoms with Crippen LogP contribution in [0.25, 0.3) is 21.5 Å². The third-order valence-electron chi connectivity index (χ3n) is 6.82. The lowest BCUT2D eigenvalue weighted by molar-refractivity contribution is 0.112. The Balaban J connectivity index is 1.81. The van der Waals surface area contributed by atoms with Crippen LogP contribution in [-0.4, -0.2) is 18.2 Å². The highest BCUT2D eigenvalue weighted by molar-refractivity contribution is 5.95. The standard InChI is InChI=1S/C31H27NO/c1-22(23-11-4-3-5-12-23)32(2)31(29-18-10-15-24-13-6-8-16-27(24)29)30-26(21-33)20-19-25-14-7-9-17-28(25)30/h3-22,31H,1-2H3/t22-,31-/m1/s1. The normalized spacial score (nSPS) is 13.3. The highest BCUT2D eigenvalue weighted by atomic mass is 16.1. The first-order valence-electron chi connectivity index (χ1n) is 11.4. The van der Waals surface area contributed by atoms with Gasteiger partial charge in [0.15, 0.2) is 0 Å². The fourth-order valence-corrected chi connectivity index (χ4v) is 4.98. The Bertz CT molecular complexity index is 1420. The summed E-state index contributed by atoms with van der Waals surface area (Å²) in [5, 5.41) is 4.67. The van der Waals surface area contributed by atoms with Gasteiger partial charge in [0.2, 0.25) is 0 Å². The molecule has 0 spiro atoms. The molecule has 0 aliphatic rings. The number of hydrogen-bond donors (Lipinski definition) is 0. The van der Waals surface area contributed by atoms with Crippen LogP contribution < -0.4 is 0 Å². The zero-order valence-electron chi connectivity index (χ0n) is 19.0. The lowest BCUT2D eigenvalue weighted by Crippen LogP contribution is -2.29. The second-order valence-electron chi connectivity index (χ2n) is 8.63. The summed E-state index contributed by atoms with van der Waals surface area (Å²) < 4.78 is 0. The number of aldehydes is 1. The predicted octanol–water partition coefficient (Wildman–Crippen LogP) is 7.59. The number of rotatable bonds is 6. The van der Waals surface area contributed by atoms with E-state index in [4.69, 9.17) is 0 Å². The Kier molecular flexibility index (Phi) is 5.77. The Hall–Kier alpha value is -3.75.